The van der Waals surface area contributed by atoms with Gasteiger partial charge in [0.2, 0.25) is 15.0 Å². The Kier molecular flexibility index (Phi) is 4.47. The maximum atomic E-state index is 12.6. The third-order valence-corrected chi connectivity index (χ3v) is 5.79. The first kappa shape index (κ1) is 16.8. The van der Waals surface area contributed by atoms with Crippen LogP contribution in [0.3, 0.4) is 0 Å². The van der Waals surface area contributed by atoms with Gasteiger partial charge in [-0.2, -0.15) is 13.2 Å². The number of rotatable bonds is 2. The maximum Gasteiger partial charge on any atom is 0.416 e. The molecule has 4 nitrogen and oxygen atoms in total. The van der Waals surface area contributed by atoms with E-state index < -0.39 is 31.9 Å². The molecule has 2 rings (SSSR count). The number of carbonyl (C=O) groups excluding carboxylic acids is 1. The summed E-state index contributed by atoms with van der Waals surface area (Å²) in [5.41, 5.74) is -0.583. The van der Waals surface area contributed by atoms with Crippen LogP contribution in [0.25, 0.3) is 0 Å². The van der Waals surface area contributed by atoms with E-state index >= 15 is 0 Å². The molecule has 10 heteroatoms. The first-order chi connectivity index (χ1) is 9.50. The molecule has 0 radical (unpaired) electrons. The number of benzene rings is 1. The summed E-state index contributed by atoms with van der Waals surface area (Å²) in [5.74, 6) is -0.484. The molecule has 116 valence electrons. The largest absolute Gasteiger partial charge is 0.416 e. The monoisotopic (exact) mass is 453 g/mol. The Hall–Kier alpha value is -0.550. The molecule has 0 N–H and O–H groups in total. The SMILES string of the molecule is O=C1CC(S(=O)(=O)Cl)CN1c1ccc(C(F)(F)F)cc1I. The van der Waals surface area contributed by atoms with Crippen LogP contribution in [-0.4, -0.2) is 26.1 Å². The zero-order valence-corrected chi connectivity index (χ0v) is 13.9. The molecule has 1 aromatic carbocycles. The number of hydrogen-bond acceptors (Lipinski definition) is 3. The molecule has 1 atom stereocenters. The summed E-state index contributed by atoms with van der Waals surface area (Å²) >= 11 is 1.68. The Bertz CT molecular complexity index is 692. The fraction of sp³-hybridized carbons (Fsp3) is 0.364. The number of hydrogen-bond donors (Lipinski definition) is 0. The van der Waals surface area contributed by atoms with Crippen LogP contribution in [0.15, 0.2) is 18.2 Å². The minimum atomic E-state index is -4.48. The highest BCUT2D eigenvalue weighted by Gasteiger charge is 2.39. The van der Waals surface area contributed by atoms with E-state index in [-0.39, 0.29) is 22.2 Å². The van der Waals surface area contributed by atoms with Gasteiger partial charge in [-0.1, -0.05) is 0 Å². The Morgan fingerprint density at radius 3 is 2.38 bits per heavy atom. The van der Waals surface area contributed by atoms with E-state index in [1.165, 1.54) is 0 Å². The Labute approximate surface area is 136 Å². The van der Waals surface area contributed by atoms with Gasteiger partial charge >= 0.3 is 6.18 Å². The molecule has 1 fully saturated rings. The van der Waals surface area contributed by atoms with Gasteiger partial charge in [-0.25, -0.2) is 8.42 Å². The molecule has 1 aliphatic heterocycles. The number of carbonyl (C=O) groups is 1. The molecule has 0 bridgehead atoms. The van der Waals surface area contributed by atoms with Crippen molar-refractivity contribution >= 4 is 53.9 Å². The van der Waals surface area contributed by atoms with Crippen molar-refractivity contribution in [3.8, 4) is 0 Å². The Morgan fingerprint density at radius 1 is 1.33 bits per heavy atom. The predicted octanol–water partition coefficient (Wildman–Crippen LogP) is 2.98. The molecular formula is C11H8ClF3INO3S. The van der Waals surface area contributed by atoms with Gasteiger partial charge in [0.05, 0.1) is 11.3 Å². The van der Waals surface area contributed by atoms with Gasteiger partial charge in [0.1, 0.15) is 5.25 Å². The van der Waals surface area contributed by atoms with Gasteiger partial charge in [-0.05, 0) is 40.8 Å². The molecule has 1 aromatic rings. The lowest BCUT2D eigenvalue weighted by atomic mass is 10.2. The quantitative estimate of drug-likeness (QED) is 0.511. The summed E-state index contributed by atoms with van der Waals surface area (Å²) in [7, 11) is 1.33. The van der Waals surface area contributed by atoms with Crippen LogP contribution < -0.4 is 4.90 Å². The van der Waals surface area contributed by atoms with Crippen molar-refractivity contribution in [1.82, 2.24) is 0 Å². The van der Waals surface area contributed by atoms with Crippen molar-refractivity contribution in [2.45, 2.75) is 17.8 Å². The lowest BCUT2D eigenvalue weighted by Crippen LogP contribution is -2.27. The van der Waals surface area contributed by atoms with Crippen molar-refractivity contribution in [3.05, 3.63) is 27.3 Å². The fourth-order valence-corrected chi connectivity index (χ4v) is 3.83. The highest BCUT2D eigenvalue weighted by Crippen LogP contribution is 2.35. The van der Waals surface area contributed by atoms with Crippen molar-refractivity contribution in [1.29, 1.82) is 0 Å². The first-order valence-corrected chi connectivity index (χ1v) is 9.06. The van der Waals surface area contributed by atoms with Crippen LogP contribution in [0.1, 0.15) is 12.0 Å². The van der Waals surface area contributed by atoms with Crippen molar-refractivity contribution < 1.29 is 26.4 Å². The van der Waals surface area contributed by atoms with E-state index in [4.69, 9.17) is 10.7 Å². The summed E-state index contributed by atoms with van der Waals surface area (Å²) in [4.78, 5) is 13.0. The first-order valence-electron chi connectivity index (χ1n) is 5.60. The highest BCUT2D eigenvalue weighted by molar-refractivity contribution is 14.1. The second kappa shape index (κ2) is 5.58. The van der Waals surface area contributed by atoms with Crippen LogP contribution in [0.4, 0.5) is 18.9 Å². The lowest BCUT2D eigenvalue weighted by Gasteiger charge is -2.19. The minimum Gasteiger partial charge on any atom is -0.310 e. The summed E-state index contributed by atoms with van der Waals surface area (Å²) in [6.07, 6.45) is -4.75. The Morgan fingerprint density at radius 2 is 1.95 bits per heavy atom. The Balaban J connectivity index is 2.34. The molecule has 21 heavy (non-hydrogen) atoms. The van der Waals surface area contributed by atoms with Gasteiger partial charge in [0.25, 0.3) is 0 Å². The maximum absolute atomic E-state index is 12.6. The van der Waals surface area contributed by atoms with Crippen LogP contribution in [0.2, 0.25) is 0 Å². The van der Waals surface area contributed by atoms with Crippen LogP contribution in [0.5, 0.6) is 0 Å². The number of alkyl halides is 3. The molecule has 0 aromatic heterocycles. The van der Waals surface area contributed by atoms with E-state index in [1.54, 1.807) is 22.6 Å². The minimum absolute atomic E-state index is 0.161. The van der Waals surface area contributed by atoms with Gasteiger partial charge in [-0.15, -0.1) is 0 Å². The average Bonchev–Trinajstić information content (AvgIpc) is 2.70. The predicted molar refractivity (Wildman–Crippen MR) is 79.7 cm³/mol. The van der Waals surface area contributed by atoms with E-state index in [0.717, 1.165) is 23.1 Å². The lowest BCUT2D eigenvalue weighted by molar-refractivity contribution is -0.137. The molecule has 1 unspecified atom stereocenters. The normalized spacial score (nSPS) is 20.1. The molecule has 0 spiro atoms. The van der Waals surface area contributed by atoms with Crippen molar-refractivity contribution in [2.75, 3.05) is 11.4 Å². The second-order valence-electron chi connectivity index (χ2n) is 4.47. The topological polar surface area (TPSA) is 54.5 Å². The number of nitrogens with zero attached hydrogens (tertiary/aromatic N) is 1. The van der Waals surface area contributed by atoms with Crippen LogP contribution in [0, 0.1) is 3.57 Å². The van der Waals surface area contributed by atoms with E-state index in [9.17, 15) is 26.4 Å². The molecular weight excluding hydrogens is 446 g/mol. The molecule has 1 saturated heterocycles. The smallest absolute Gasteiger partial charge is 0.310 e. The van der Waals surface area contributed by atoms with E-state index in [0.29, 0.717) is 0 Å². The van der Waals surface area contributed by atoms with Gasteiger partial charge < -0.3 is 4.90 Å². The number of anilines is 1. The molecule has 1 amide bonds. The van der Waals surface area contributed by atoms with Crippen molar-refractivity contribution in [3.63, 3.8) is 0 Å². The van der Waals surface area contributed by atoms with Crippen LogP contribution in [-0.2, 0) is 20.0 Å². The molecule has 0 saturated carbocycles. The van der Waals surface area contributed by atoms with Crippen molar-refractivity contribution in [2.24, 2.45) is 0 Å². The molecule has 1 heterocycles. The molecule has 1 aliphatic rings. The number of halogens is 5. The second-order valence-corrected chi connectivity index (χ2v) is 8.54. The summed E-state index contributed by atoms with van der Waals surface area (Å²) in [6.45, 7) is -0.161. The summed E-state index contributed by atoms with van der Waals surface area (Å²) in [6, 6.07) is 2.92. The van der Waals surface area contributed by atoms with Crippen LogP contribution >= 0.6 is 33.3 Å². The fourth-order valence-electron chi connectivity index (χ4n) is 2.00. The van der Waals surface area contributed by atoms with Gasteiger partial charge in [0.15, 0.2) is 0 Å². The highest BCUT2D eigenvalue weighted by atomic mass is 127. The molecule has 0 aliphatic carbocycles. The zero-order chi connectivity index (χ0) is 16.0. The van der Waals surface area contributed by atoms with E-state index in [1.807, 2.05) is 0 Å². The third-order valence-electron chi connectivity index (χ3n) is 3.05. The summed E-state index contributed by atoms with van der Waals surface area (Å²) in [5, 5.41) is -1.05. The van der Waals surface area contributed by atoms with E-state index in [2.05, 4.69) is 0 Å². The van der Waals surface area contributed by atoms with Gasteiger partial charge in [-0.3, -0.25) is 4.79 Å². The zero-order valence-electron chi connectivity index (χ0n) is 10.2. The summed E-state index contributed by atoms with van der Waals surface area (Å²) < 4.78 is 60.5. The average molecular weight is 454 g/mol. The third kappa shape index (κ3) is 3.62. The van der Waals surface area contributed by atoms with Gasteiger partial charge in [0, 0.05) is 27.2 Å². The number of amides is 1. The standard InChI is InChI=1S/C11H8ClF3INO3S/c12-21(19,20)7-4-10(18)17(5-7)9-2-1-6(3-8(9)16)11(13,14)15/h1-3,7H,4-5H2.